The average Bonchev–Trinajstić information content (AvgIpc) is 3.09. The van der Waals surface area contributed by atoms with Crippen LogP contribution in [0.5, 0.6) is 0 Å². The molecule has 0 saturated carbocycles. The van der Waals surface area contributed by atoms with Crippen molar-refractivity contribution in [2.75, 3.05) is 39.7 Å². The topological polar surface area (TPSA) is 107 Å². The van der Waals surface area contributed by atoms with E-state index in [1.807, 2.05) is 17.6 Å². The molecule has 9 nitrogen and oxygen atoms in total. The summed E-state index contributed by atoms with van der Waals surface area (Å²) in [4.78, 5) is 29.6. The molecule has 0 atom stereocenters. The normalized spacial score (nSPS) is 16.7. The number of benzene rings is 1. The number of esters is 1. The van der Waals surface area contributed by atoms with E-state index in [9.17, 15) is 18.0 Å². The van der Waals surface area contributed by atoms with Crippen molar-refractivity contribution >= 4 is 43.5 Å². The van der Waals surface area contributed by atoms with Gasteiger partial charge in [0.25, 0.3) is 5.91 Å². The first-order valence-electron chi connectivity index (χ1n) is 10.1. The molecule has 0 spiro atoms. The summed E-state index contributed by atoms with van der Waals surface area (Å²) in [6.45, 7) is 4.13. The van der Waals surface area contributed by atoms with Crippen LogP contribution in [0, 0.1) is 5.92 Å². The SMILES string of the molecule is CCOCCn1c(=NC(=O)C2CCN(S(C)(=O)=O)CC2)sc2cc(C(=O)OC)ccc21. The van der Waals surface area contributed by atoms with Crippen molar-refractivity contribution in [2.24, 2.45) is 10.9 Å². The fraction of sp³-hybridized carbons (Fsp3) is 0.550. The molecule has 31 heavy (non-hydrogen) atoms. The fourth-order valence-electron chi connectivity index (χ4n) is 3.54. The van der Waals surface area contributed by atoms with E-state index >= 15 is 0 Å². The Morgan fingerprint density at radius 2 is 1.97 bits per heavy atom. The van der Waals surface area contributed by atoms with Gasteiger partial charge in [-0.05, 0) is 38.0 Å². The maximum atomic E-state index is 12.9. The molecule has 0 N–H and O–H groups in total. The first kappa shape index (κ1) is 23.6. The summed E-state index contributed by atoms with van der Waals surface area (Å²) >= 11 is 1.33. The third-order valence-electron chi connectivity index (χ3n) is 5.25. The van der Waals surface area contributed by atoms with E-state index in [1.165, 1.54) is 29.0 Å². The van der Waals surface area contributed by atoms with Crippen molar-refractivity contribution in [3.05, 3.63) is 28.6 Å². The van der Waals surface area contributed by atoms with Crippen molar-refractivity contribution in [1.82, 2.24) is 8.87 Å². The van der Waals surface area contributed by atoms with Crippen LogP contribution >= 0.6 is 11.3 Å². The number of carbonyl (C=O) groups excluding carboxylic acids is 2. The molecule has 0 aliphatic carbocycles. The summed E-state index contributed by atoms with van der Waals surface area (Å²) in [5.41, 5.74) is 1.29. The number of thiazole rings is 1. The smallest absolute Gasteiger partial charge is 0.337 e. The van der Waals surface area contributed by atoms with Gasteiger partial charge in [-0.1, -0.05) is 11.3 Å². The second kappa shape index (κ2) is 10.0. The van der Waals surface area contributed by atoms with E-state index in [4.69, 9.17) is 9.47 Å². The van der Waals surface area contributed by atoms with Crippen LogP contribution in [-0.4, -0.2) is 68.8 Å². The van der Waals surface area contributed by atoms with Gasteiger partial charge in [-0.25, -0.2) is 17.5 Å². The molecule has 0 unspecified atom stereocenters. The molecule has 1 amide bonds. The largest absolute Gasteiger partial charge is 0.465 e. The molecule has 2 aromatic rings. The lowest BCUT2D eigenvalue weighted by Gasteiger charge is -2.28. The standard InChI is InChI=1S/C20H27N3O6S2/c1-4-29-12-11-23-16-6-5-15(19(25)28-2)13-17(16)30-20(23)21-18(24)14-7-9-22(10-8-14)31(3,26)27/h5-6,13-14H,4,7-12H2,1-3H3. The van der Waals surface area contributed by atoms with Gasteiger partial charge in [0, 0.05) is 32.2 Å². The number of nitrogens with zero attached hydrogens (tertiary/aromatic N) is 3. The molecule has 1 aromatic carbocycles. The number of hydrogen-bond donors (Lipinski definition) is 0. The quantitative estimate of drug-likeness (QED) is 0.451. The van der Waals surface area contributed by atoms with Crippen LogP contribution < -0.4 is 4.80 Å². The molecule has 2 heterocycles. The van der Waals surface area contributed by atoms with Gasteiger partial charge in [-0.2, -0.15) is 4.99 Å². The molecule has 1 aliphatic heterocycles. The van der Waals surface area contributed by atoms with Crippen LogP contribution in [0.3, 0.4) is 0 Å². The lowest BCUT2D eigenvalue weighted by molar-refractivity contribution is -0.122. The van der Waals surface area contributed by atoms with Crippen molar-refractivity contribution in [3.63, 3.8) is 0 Å². The van der Waals surface area contributed by atoms with Gasteiger partial charge in [0.15, 0.2) is 4.80 Å². The zero-order valence-corrected chi connectivity index (χ0v) is 19.5. The fourth-order valence-corrected chi connectivity index (χ4v) is 5.51. The summed E-state index contributed by atoms with van der Waals surface area (Å²) in [7, 11) is -1.92. The van der Waals surface area contributed by atoms with Gasteiger partial charge >= 0.3 is 5.97 Å². The number of amides is 1. The minimum Gasteiger partial charge on any atom is -0.465 e. The molecule has 11 heteroatoms. The summed E-state index contributed by atoms with van der Waals surface area (Å²) < 4.78 is 37.8. The molecule has 1 aliphatic rings. The highest BCUT2D eigenvalue weighted by Gasteiger charge is 2.29. The Morgan fingerprint density at radius 3 is 2.58 bits per heavy atom. The first-order valence-corrected chi connectivity index (χ1v) is 12.7. The lowest BCUT2D eigenvalue weighted by Crippen LogP contribution is -2.39. The van der Waals surface area contributed by atoms with Crippen molar-refractivity contribution < 1.29 is 27.5 Å². The van der Waals surface area contributed by atoms with Crippen LogP contribution in [0.15, 0.2) is 23.2 Å². The van der Waals surface area contributed by atoms with E-state index in [1.54, 1.807) is 12.1 Å². The van der Waals surface area contributed by atoms with Crippen molar-refractivity contribution in [1.29, 1.82) is 0 Å². The zero-order chi connectivity index (χ0) is 22.6. The van der Waals surface area contributed by atoms with Crippen molar-refractivity contribution in [3.8, 4) is 0 Å². The Balaban J connectivity index is 1.91. The van der Waals surface area contributed by atoms with Crippen LogP contribution in [-0.2, 0) is 30.8 Å². The summed E-state index contributed by atoms with van der Waals surface area (Å²) in [5.74, 6) is -0.990. The van der Waals surface area contributed by atoms with E-state index in [0.29, 0.717) is 56.1 Å². The molecule has 0 bridgehead atoms. The van der Waals surface area contributed by atoms with Crippen LogP contribution in [0.1, 0.15) is 30.1 Å². The Hall–Kier alpha value is -2.08. The van der Waals surface area contributed by atoms with E-state index in [0.717, 1.165) is 10.2 Å². The predicted octanol–water partition coefficient (Wildman–Crippen LogP) is 1.62. The third kappa shape index (κ3) is 5.59. The summed E-state index contributed by atoms with van der Waals surface area (Å²) in [6, 6.07) is 5.24. The highest BCUT2D eigenvalue weighted by molar-refractivity contribution is 7.88. The number of piperidine rings is 1. The number of methoxy groups -OCH3 is 1. The molecule has 3 rings (SSSR count). The number of hydrogen-bond acceptors (Lipinski definition) is 7. The maximum Gasteiger partial charge on any atom is 0.337 e. The Bertz CT molecular complexity index is 1130. The van der Waals surface area contributed by atoms with Crippen LogP contribution in [0.4, 0.5) is 0 Å². The third-order valence-corrected chi connectivity index (χ3v) is 7.59. The van der Waals surface area contributed by atoms with E-state index < -0.39 is 16.0 Å². The van der Waals surface area contributed by atoms with Gasteiger partial charge in [0.05, 0.1) is 35.8 Å². The number of aromatic nitrogens is 1. The van der Waals surface area contributed by atoms with Gasteiger partial charge in [0.1, 0.15) is 0 Å². The second-order valence-electron chi connectivity index (χ2n) is 7.29. The number of fused-ring (bicyclic) bond motifs is 1. The Kier molecular flexibility index (Phi) is 7.63. The van der Waals surface area contributed by atoms with Crippen LogP contribution in [0.2, 0.25) is 0 Å². The van der Waals surface area contributed by atoms with E-state index in [-0.39, 0.29) is 11.8 Å². The molecular weight excluding hydrogens is 442 g/mol. The molecular formula is C20H27N3O6S2. The van der Waals surface area contributed by atoms with Gasteiger partial charge in [-0.3, -0.25) is 4.79 Å². The molecule has 0 radical (unpaired) electrons. The van der Waals surface area contributed by atoms with E-state index in [2.05, 4.69) is 4.99 Å². The second-order valence-corrected chi connectivity index (χ2v) is 10.3. The number of sulfonamides is 1. The van der Waals surface area contributed by atoms with Crippen LogP contribution in [0.25, 0.3) is 10.2 Å². The van der Waals surface area contributed by atoms with Gasteiger partial charge in [-0.15, -0.1) is 0 Å². The predicted molar refractivity (Wildman–Crippen MR) is 117 cm³/mol. The van der Waals surface area contributed by atoms with Crippen molar-refractivity contribution in [2.45, 2.75) is 26.3 Å². The summed E-state index contributed by atoms with van der Waals surface area (Å²) in [5, 5.41) is 0. The lowest BCUT2D eigenvalue weighted by atomic mass is 9.98. The van der Waals surface area contributed by atoms with Gasteiger partial charge in [0.2, 0.25) is 10.0 Å². The Morgan fingerprint density at radius 1 is 1.26 bits per heavy atom. The minimum absolute atomic E-state index is 0.252. The monoisotopic (exact) mass is 469 g/mol. The average molecular weight is 470 g/mol. The highest BCUT2D eigenvalue weighted by Crippen LogP contribution is 2.22. The minimum atomic E-state index is -3.25. The zero-order valence-electron chi connectivity index (χ0n) is 17.9. The molecule has 1 aromatic heterocycles. The number of rotatable bonds is 7. The number of carbonyl (C=O) groups is 2. The molecule has 1 saturated heterocycles. The highest BCUT2D eigenvalue weighted by atomic mass is 32.2. The molecule has 170 valence electrons. The first-order chi connectivity index (χ1) is 14.7. The Labute approximate surface area is 185 Å². The maximum absolute atomic E-state index is 12.9. The van der Waals surface area contributed by atoms with Gasteiger partial charge < -0.3 is 14.0 Å². The molecule has 1 fully saturated rings. The number of ether oxygens (including phenoxy) is 2. The summed E-state index contributed by atoms with van der Waals surface area (Å²) in [6.07, 6.45) is 2.08.